The van der Waals surface area contributed by atoms with Crippen LogP contribution in [0.5, 0.6) is 5.75 Å². The Hall–Kier alpha value is -1.56. The first-order valence-corrected chi connectivity index (χ1v) is 10.9. The molecule has 1 amide bonds. The van der Waals surface area contributed by atoms with E-state index in [2.05, 4.69) is 13.8 Å². The minimum Gasteiger partial charge on any atom is -0.494 e. The smallest absolute Gasteiger partial charge is 0.254 e. The molecule has 0 N–H and O–H groups in total. The van der Waals surface area contributed by atoms with Crippen molar-refractivity contribution in [2.24, 2.45) is 5.92 Å². The summed E-state index contributed by atoms with van der Waals surface area (Å²) in [7, 11) is -3.01. The third-order valence-electron chi connectivity index (χ3n) is 4.44. The van der Waals surface area contributed by atoms with Gasteiger partial charge in [0.25, 0.3) is 5.91 Å². The quantitative estimate of drug-likeness (QED) is 0.708. The maximum atomic E-state index is 12.8. The predicted octanol–water partition coefficient (Wildman–Crippen LogP) is 3.15. The van der Waals surface area contributed by atoms with E-state index in [1.807, 2.05) is 19.1 Å². The molecule has 1 aliphatic heterocycles. The van der Waals surface area contributed by atoms with Crippen molar-refractivity contribution in [3.8, 4) is 5.75 Å². The van der Waals surface area contributed by atoms with E-state index in [9.17, 15) is 13.2 Å². The van der Waals surface area contributed by atoms with Gasteiger partial charge in [-0.25, -0.2) is 8.42 Å². The molecule has 1 unspecified atom stereocenters. The minimum absolute atomic E-state index is 0.0785. The number of hydrogen-bond donors (Lipinski definition) is 0. The molecular formula is C19H29NO4S. The third-order valence-corrected chi connectivity index (χ3v) is 6.19. The van der Waals surface area contributed by atoms with E-state index in [4.69, 9.17) is 4.74 Å². The lowest BCUT2D eigenvalue weighted by Crippen LogP contribution is -2.41. The first-order chi connectivity index (χ1) is 11.8. The topological polar surface area (TPSA) is 63.7 Å². The summed E-state index contributed by atoms with van der Waals surface area (Å²) in [6.45, 7) is 7.53. The Morgan fingerprint density at radius 2 is 1.96 bits per heavy atom. The second kappa shape index (κ2) is 8.70. The van der Waals surface area contributed by atoms with Crippen molar-refractivity contribution in [3.63, 3.8) is 0 Å². The molecule has 25 heavy (non-hydrogen) atoms. The summed E-state index contributed by atoms with van der Waals surface area (Å²) in [5.41, 5.74) is 0.578. The van der Waals surface area contributed by atoms with Crippen LogP contribution >= 0.6 is 0 Å². The summed E-state index contributed by atoms with van der Waals surface area (Å²) in [5.74, 6) is 1.50. The van der Waals surface area contributed by atoms with E-state index >= 15 is 0 Å². The number of rotatable bonds is 8. The number of hydrogen-bond acceptors (Lipinski definition) is 4. The molecule has 1 atom stereocenters. The molecule has 0 aliphatic carbocycles. The molecule has 1 aliphatic rings. The van der Waals surface area contributed by atoms with Crippen LogP contribution < -0.4 is 4.74 Å². The zero-order valence-electron chi connectivity index (χ0n) is 15.4. The predicted molar refractivity (Wildman–Crippen MR) is 99.8 cm³/mol. The number of ether oxygens (including phenoxy) is 1. The Kier molecular flexibility index (Phi) is 6.87. The molecular weight excluding hydrogens is 338 g/mol. The van der Waals surface area contributed by atoms with E-state index in [-0.39, 0.29) is 23.5 Å². The zero-order chi connectivity index (χ0) is 18.4. The molecule has 1 saturated heterocycles. The van der Waals surface area contributed by atoms with Gasteiger partial charge in [0.2, 0.25) is 0 Å². The number of benzene rings is 1. The van der Waals surface area contributed by atoms with Gasteiger partial charge in [-0.2, -0.15) is 0 Å². The fourth-order valence-electron chi connectivity index (χ4n) is 2.98. The van der Waals surface area contributed by atoms with Crippen LogP contribution in [0, 0.1) is 5.92 Å². The lowest BCUT2D eigenvalue weighted by atomic mass is 10.1. The highest BCUT2D eigenvalue weighted by Gasteiger charge is 2.34. The summed E-state index contributed by atoms with van der Waals surface area (Å²) in [4.78, 5) is 14.6. The second-order valence-electron chi connectivity index (χ2n) is 7.11. The van der Waals surface area contributed by atoms with Gasteiger partial charge in [-0.3, -0.25) is 4.79 Å². The molecule has 1 fully saturated rings. The Morgan fingerprint density at radius 3 is 2.48 bits per heavy atom. The van der Waals surface area contributed by atoms with Gasteiger partial charge in [0.1, 0.15) is 5.75 Å². The SMILES string of the molecule is CCCN(C(=O)c1ccc(OCCC(C)C)cc1)C1CCS(=O)(=O)C1. The van der Waals surface area contributed by atoms with Crippen molar-refractivity contribution < 1.29 is 17.9 Å². The molecule has 5 nitrogen and oxygen atoms in total. The number of nitrogens with zero attached hydrogens (tertiary/aromatic N) is 1. The summed E-state index contributed by atoms with van der Waals surface area (Å²) < 4.78 is 29.2. The van der Waals surface area contributed by atoms with Crippen LogP contribution in [0.2, 0.25) is 0 Å². The van der Waals surface area contributed by atoms with Crippen LogP contribution in [0.25, 0.3) is 0 Å². The normalized spacial score (nSPS) is 19.1. The van der Waals surface area contributed by atoms with Crippen molar-refractivity contribution in [1.29, 1.82) is 0 Å². The first kappa shape index (κ1) is 19.8. The molecule has 6 heteroatoms. The van der Waals surface area contributed by atoms with Gasteiger partial charge < -0.3 is 9.64 Å². The first-order valence-electron chi connectivity index (χ1n) is 9.06. The molecule has 0 radical (unpaired) electrons. The van der Waals surface area contributed by atoms with Gasteiger partial charge in [-0.15, -0.1) is 0 Å². The van der Waals surface area contributed by atoms with E-state index in [1.54, 1.807) is 17.0 Å². The largest absolute Gasteiger partial charge is 0.494 e. The van der Waals surface area contributed by atoms with Gasteiger partial charge in [0, 0.05) is 18.2 Å². The monoisotopic (exact) mass is 367 g/mol. The fraction of sp³-hybridized carbons (Fsp3) is 0.632. The molecule has 1 heterocycles. The van der Waals surface area contributed by atoms with Gasteiger partial charge in [0.05, 0.1) is 18.1 Å². The summed E-state index contributed by atoms with van der Waals surface area (Å²) in [6, 6.07) is 6.93. The minimum atomic E-state index is -3.01. The number of sulfone groups is 1. The molecule has 0 bridgehead atoms. The highest BCUT2D eigenvalue weighted by atomic mass is 32.2. The Labute approximate surface area is 151 Å². The summed E-state index contributed by atoms with van der Waals surface area (Å²) in [5, 5.41) is 0. The maximum absolute atomic E-state index is 12.8. The van der Waals surface area contributed by atoms with Gasteiger partial charge in [0.15, 0.2) is 9.84 Å². The van der Waals surface area contributed by atoms with E-state index in [0.717, 1.165) is 18.6 Å². The van der Waals surface area contributed by atoms with E-state index in [1.165, 1.54) is 0 Å². The van der Waals surface area contributed by atoms with Crippen molar-refractivity contribution in [2.45, 2.75) is 46.1 Å². The van der Waals surface area contributed by atoms with E-state index < -0.39 is 9.84 Å². The molecule has 1 aromatic rings. The number of amides is 1. The average Bonchev–Trinajstić information content (AvgIpc) is 2.92. The maximum Gasteiger partial charge on any atom is 0.254 e. The zero-order valence-corrected chi connectivity index (χ0v) is 16.2. The molecule has 0 spiro atoms. The molecule has 1 aromatic carbocycles. The Morgan fingerprint density at radius 1 is 1.28 bits per heavy atom. The average molecular weight is 368 g/mol. The van der Waals surface area contributed by atoms with E-state index in [0.29, 0.717) is 31.1 Å². The van der Waals surface area contributed by atoms with Crippen LogP contribution in [-0.2, 0) is 9.84 Å². The number of carbonyl (C=O) groups is 1. The highest BCUT2D eigenvalue weighted by Crippen LogP contribution is 2.21. The van der Waals surface area contributed by atoms with Crippen LogP contribution in [0.1, 0.15) is 50.4 Å². The standard InChI is InChI=1S/C19H29NO4S/c1-4-11-20(17-10-13-25(22,23)14-17)19(21)16-5-7-18(8-6-16)24-12-9-15(2)3/h5-8,15,17H,4,9-14H2,1-3H3. The fourth-order valence-corrected chi connectivity index (χ4v) is 4.71. The van der Waals surface area contributed by atoms with Crippen molar-refractivity contribution in [3.05, 3.63) is 29.8 Å². The van der Waals surface area contributed by atoms with Gasteiger partial charge in [-0.05, 0) is 49.4 Å². The van der Waals surface area contributed by atoms with Crippen molar-refractivity contribution >= 4 is 15.7 Å². The molecule has 2 rings (SSSR count). The molecule has 0 aromatic heterocycles. The number of carbonyl (C=O) groups excluding carboxylic acids is 1. The lowest BCUT2D eigenvalue weighted by Gasteiger charge is -2.28. The second-order valence-corrected chi connectivity index (χ2v) is 9.34. The Balaban J connectivity index is 2.03. The third kappa shape index (κ3) is 5.73. The van der Waals surface area contributed by atoms with Crippen LogP contribution in [0.15, 0.2) is 24.3 Å². The summed E-state index contributed by atoms with van der Waals surface area (Å²) >= 11 is 0. The van der Waals surface area contributed by atoms with Crippen molar-refractivity contribution in [1.82, 2.24) is 4.90 Å². The molecule has 140 valence electrons. The lowest BCUT2D eigenvalue weighted by molar-refractivity contribution is 0.0697. The van der Waals surface area contributed by atoms with Crippen LogP contribution in [0.3, 0.4) is 0 Å². The Bertz CT molecular complexity index is 667. The molecule has 0 saturated carbocycles. The summed E-state index contributed by atoms with van der Waals surface area (Å²) in [6.07, 6.45) is 2.32. The van der Waals surface area contributed by atoms with Crippen molar-refractivity contribution in [2.75, 3.05) is 24.7 Å². The van der Waals surface area contributed by atoms with Crippen LogP contribution in [0.4, 0.5) is 0 Å². The van der Waals surface area contributed by atoms with Gasteiger partial charge in [-0.1, -0.05) is 20.8 Å². The van der Waals surface area contributed by atoms with Crippen LogP contribution in [-0.4, -0.2) is 49.9 Å². The highest BCUT2D eigenvalue weighted by molar-refractivity contribution is 7.91. The van der Waals surface area contributed by atoms with Gasteiger partial charge >= 0.3 is 0 Å².